The highest BCUT2D eigenvalue weighted by Crippen LogP contribution is 2.27. The third kappa shape index (κ3) is 2.65. The molecule has 0 fully saturated rings. The van der Waals surface area contributed by atoms with Gasteiger partial charge in [-0.25, -0.2) is 4.39 Å². The molecule has 0 saturated carbocycles. The molecule has 0 aliphatic carbocycles. The van der Waals surface area contributed by atoms with Gasteiger partial charge in [-0.15, -0.1) is 0 Å². The quantitative estimate of drug-likeness (QED) is 0.849. The van der Waals surface area contributed by atoms with Crippen molar-refractivity contribution >= 4 is 45.9 Å². The number of carbonyl (C=O) groups is 1. The lowest BCUT2D eigenvalue weighted by Gasteiger charge is -1.99. The Hall–Kier alpha value is -0.690. The Bertz CT molecular complexity index is 404. The summed E-state index contributed by atoms with van der Waals surface area (Å²) in [5.41, 5.74) is 5.29. The van der Waals surface area contributed by atoms with E-state index in [1.54, 1.807) is 22.6 Å². The van der Waals surface area contributed by atoms with E-state index in [2.05, 4.69) is 4.98 Å². The number of primary amides is 1. The van der Waals surface area contributed by atoms with E-state index in [0.29, 0.717) is 0 Å². The zero-order chi connectivity index (χ0) is 10.7. The Balaban J connectivity index is 3.19. The van der Waals surface area contributed by atoms with Crippen molar-refractivity contribution in [2.45, 2.75) is 0 Å². The molecule has 0 saturated heterocycles. The average molecular weight is 326 g/mol. The molecule has 0 unspecified atom stereocenters. The summed E-state index contributed by atoms with van der Waals surface area (Å²) in [6.45, 7) is 0. The van der Waals surface area contributed by atoms with Gasteiger partial charge in [0.2, 0.25) is 5.91 Å². The zero-order valence-corrected chi connectivity index (χ0v) is 9.71. The molecule has 1 amide bonds. The summed E-state index contributed by atoms with van der Waals surface area (Å²) < 4.78 is 13.2. The van der Waals surface area contributed by atoms with Crippen molar-refractivity contribution in [3.63, 3.8) is 0 Å². The van der Waals surface area contributed by atoms with Gasteiger partial charge in [0.1, 0.15) is 3.04 Å². The van der Waals surface area contributed by atoms with Gasteiger partial charge >= 0.3 is 0 Å². The highest BCUT2D eigenvalue weighted by atomic mass is 127. The number of rotatable bonds is 2. The summed E-state index contributed by atoms with van der Waals surface area (Å²) in [5.74, 6) is -1.28. The van der Waals surface area contributed by atoms with Crippen LogP contribution in [0.1, 0.15) is 15.9 Å². The molecule has 0 aliphatic heterocycles. The van der Waals surface area contributed by atoms with E-state index in [0.717, 1.165) is 0 Å². The summed E-state index contributed by atoms with van der Waals surface area (Å²) in [5, 5.41) is 0. The third-order valence-corrected chi connectivity index (χ3v) is 2.08. The number of hydrogen-bond acceptors (Lipinski definition) is 2. The second kappa shape index (κ2) is 4.70. The summed E-state index contributed by atoms with van der Waals surface area (Å²) in [6.07, 6.45) is 2.53. The van der Waals surface area contributed by atoms with Crippen molar-refractivity contribution in [2.75, 3.05) is 0 Å². The molecule has 14 heavy (non-hydrogen) atoms. The Kier molecular flexibility index (Phi) is 3.82. The largest absolute Gasteiger partial charge is 0.366 e. The van der Waals surface area contributed by atoms with Crippen LogP contribution in [0.2, 0.25) is 0 Å². The zero-order valence-electron chi connectivity index (χ0n) is 6.80. The number of amides is 1. The van der Waals surface area contributed by atoms with Crippen LogP contribution in [0.5, 0.6) is 0 Å². The monoisotopic (exact) mass is 326 g/mol. The van der Waals surface area contributed by atoms with Gasteiger partial charge in [0.15, 0.2) is 5.83 Å². The lowest BCUT2D eigenvalue weighted by atomic mass is 10.2. The minimum Gasteiger partial charge on any atom is -0.366 e. The van der Waals surface area contributed by atoms with Gasteiger partial charge in [0.25, 0.3) is 0 Å². The molecule has 1 aromatic heterocycles. The molecule has 1 heterocycles. The normalized spacial score (nSPS) is 12.2. The maximum atomic E-state index is 13.2. The summed E-state index contributed by atoms with van der Waals surface area (Å²) in [4.78, 5) is 14.4. The van der Waals surface area contributed by atoms with E-state index >= 15 is 0 Å². The molecule has 0 aliphatic rings. The maximum absolute atomic E-state index is 13.2. The molecule has 3 nitrogen and oxygen atoms in total. The highest BCUT2D eigenvalue weighted by Gasteiger charge is 2.08. The average Bonchev–Trinajstić information content (AvgIpc) is 2.16. The second-order valence-corrected chi connectivity index (χ2v) is 4.50. The number of pyridine rings is 1. The molecule has 1 rings (SSSR count). The van der Waals surface area contributed by atoms with Crippen molar-refractivity contribution in [1.82, 2.24) is 4.98 Å². The second-order valence-electron chi connectivity index (χ2n) is 2.40. The number of nitrogens with two attached hydrogens (primary N) is 1. The number of carbonyl (C=O) groups excluding carboxylic acids is 1. The first-order chi connectivity index (χ1) is 6.52. The van der Waals surface area contributed by atoms with Crippen molar-refractivity contribution in [1.29, 1.82) is 0 Å². The van der Waals surface area contributed by atoms with E-state index in [4.69, 9.17) is 17.3 Å². The Morgan fingerprint density at radius 3 is 2.57 bits per heavy atom. The maximum Gasteiger partial charge on any atom is 0.250 e. The van der Waals surface area contributed by atoms with E-state index in [1.807, 2.05) is 0 Å². The van der Waals surface area contributed by atoms with Gasteiger partial charge in [-0.2, -0.15) is 0 Å². The van der Waals surface area contributed by atoms with Crippen LogP contribution in [-0.4, -0.2) is 10.9 Å². The van der Waals surface area contributed by atoms with E-state index in [9.17, 15) is 9.18 Å². The summed E-state index contributed by atoms with van der Waals surface area (Å²) >= 11 is 7.07. The van der Waals surface area contributed by atoms with Crippen LogP contribution >= 0.6 is 34.2 Å². The van der Waals surface area contributed by atoms with E-state index < -0.39 is 11.7 Å². The molecule has 0 aromatic carbocycles. The lowest BCUT2D eigenvalue weighted by Crippen LogP contribution is -2.11. The smallest absolute Gasteiger partial charge is 0.250 e. The van der Waals surface area contributed by atoms with Gasteiger partial charge in [-0.3, -0.25) is 9.78 Å². The fourth-order valence-electron chi connectivity index (χ4n) is 0.804. The number of nitrogens with zero attached hydrogens (tertiary/aromatic N) is 1. The van der Waals surface area contributed by atoms with E-state index in [-0.39, 0.29) is 14.2 Å². The Labute approximate surface area is 98.3 Å². The first-order valence-corrected chi connectivity index (χ1v) is 4.94. The molecular formula is C8H5ClFIN2O. The molecule has 0 radical (unpaired) electrons. The molecule has 2 N–H and O–H groups in total. The molecule has 6 heteroatoms. The van der Waals surface area contributed by atoms with Gasteiger partial charge in [0, 0.05) is 18.0 Å². The van der Waals surface area contributed by atoms with Gasteiger partial charge in [-0.05, 0) is 28.7 Å². The number of hydrogen-bond donors (Lipinski definition) is 1. The van der Waals surface area contributed by atoms with Crippen molar-refractivity contribution in [3.8, 4) is 0 Å². The SMILES string of the molecule is NC(=O)c1cncc(/C(F)=C(\Cl)I)c1. The van der Waals surface area contributed by atoms with Crippen molar-refractivity contribution in [2.24, 2.45) is 5.73 Å². The van der Waals surface area contributed by atoms with Crippen LogP contribution in [0.15, 0.2) is 21.5 Å². The molecule has 0 bridgehead atoms. The highest BCUT2D eigenvalue weighted by molar-refractivity contribution is 14.1. The number of halogens is 3. The summed E-state index contributed by atoms with van der Waals surface area (Å²) in [6, 6.07) is 1.30. The first-order valence-electron chi connectivity index (χ1n) is 3.48. The van der Waals surface area contributed by atoms with Gasteiger partial charge in [-0.1, -0.05) is 11.6 Å². The predicted octanol–water partition coefficient (Wildman–Crippen LogP) is 2.45. The van der Waals surface area contributed by atoms with Crippen LogP contribution < -0.4 is 5.73 Å². The first kappa shape index (κ1) is 11.4. The molecule has 74 valence electrons. The number of aromatic nitrogens is 1. The minimum atomic E-state index is -0.656. The van der Waals surface area contributed by atoms with Crippen molar-refractivity contribution in [3.05, 3.63) is 32.6 Å². The lowest BCUT2D eigenvalue weighted by molar-refractivity contribution is 0.1000. The van der Waals surface area contributed by atoms with Crippen LogP contribution in [0.4, 0.5) is 4.39 Å². The molecular weight excluding hydrogens is 321 g/mol. The summed E-state index contributed by atoms with van der Waals surface area (Å²) in [7, 11) is 0. The minimum absolute atomic E-state index is 0.0222. The third-order valence-electron chi connectivity index (χ3n) is 1.44. The Morgan fingerprint density at radius 2 is 2.07 bits per heavy atom. The molecule has 0 atom stereocenters. The Morgan fingerprint density at radius 1 is 1.50 bits per heavy atom. The van der Waals surface area contributed by atoms with Crippen LogP contribution in [0, 0.1) is 0 Å². The van der Waals surface area contributed by atoms with Crippen LogP contribution in [-0.2, 0) is 0 Å². The molecule has 0 spiro atoms. The molecule has 1 aromatic rings. The van der Waals surface area contributed by atoms with E-state index in [1.165, 1.54) is 18.5 Å². The standard InChI is InChI=1S/C8H5ClFIN2O/c9-7(11)6(10)4-1-5(8(12)14)3-13-2-4/h1-3H,(H2,12,14)/b7-6-. The fraction of sp³-hybridized carbons (Fsp3) is 0. The topological polar surface area (TPSA) is 56.0 Å². The van der Waals surface area contributed by atoms with Crippen LogP contribution in [0.3, 0.4) is 0 Å². The fourth-order valence-corrected chi connectivity index (χ4v) is 1.22. The van der Waals surface area contributed by atoms with Crippen LogP contribution in [0.25, 0.3) is 5.83 Å². The van der Waals surface area contributed by atoms with Crippen molar-refractivity contribution < 1.29 is 9.18 Å². The predicted molar refractivity (Wildman–Crippen MR) is 60.7 cm³/mol. The van der Waals surface area contributed by atoms with Gasteiger partial charge in [0.05, 0.1) is 5.56 Å². The van der Waals surface area contributed by atoms with Gasteiger partial charge < -0.3 is 5.73 Å².